The predicted octanol–water partition coefficient (Wildman–Crippen LogP) is 3.27. The quantitative estimate of drug-likeness (QED) is 0.480. The van der Waals surface area contributed by atoms with E-state index in [9.17, 15) is 14.7 Å². The van der Waals surface area contributed by atoms with Crippen molar-refractivity contribution in [1.29, 1.82) is 0 Å². The summed E-state index contributed by atoms with van der Waals surface area (Å²) in [5.41, 5.74) is 1.91. The minimum Gasteiger partial charge on any atom is -0.507 e. The molecule has 5 rings (SSSR count). The highest BCUT2D eigenvalue weighted by Gasteiger charge is 2.32. The van der Waals surface area contributed by atoms with Gasteiger partial charge in [-0.3, -0.25) is 9.36 Å². The monoisotopic (exact) mass is 456 g/mol. The highest BCUT2D eigenvalue weighted by molar-refractivity contribution is 7.07. The highest BCUT2D eigenvalue weighted by atomic mass is 32.1. The van der Waals surface area contributed by atoms with E-state index < -0.39 is 12.0 Å². The van der Waals surface area contributed by atoms with Gasteiger partial charge in [0.25, 0.3) is 5.56 Å². The van der Waals surface area contributed by atoms with Crippen molar-refractivity contribution in [3.05, 3.63) is 109 Å². The summed E-state index contributed by atoms with van der Waals surface area (Å²) in [5, 5.41) is 12.4. The third-order valence-corrected chi connectivity index (χ3v) is 6.75. The molecular formula is C26H20N2O4S. The minimum atomic E-state index is -0.654. The van der Waals surface area contributed by atoms with Crippen molar-refractivity contribution in [2.24, 2.45) is 4.99 Å². The van der Waals surface area contributed by atoms with E-state index in [1.807, 2.05) is 60.7 Å². The van der Waals surface area contributed by atoms with Crippen LogP contribution in [0.15, 0.2) is 87.8 Å². The van der Waals surface area contributed by atoms with Crippen molar-refractivity contribution in [3.8, 4) is 5.75 Å². The zero-order valence-electron chi connectivity index (χ0n) is 18.0. The lowest BCUT2D eigenvalue weighted by molar-refractivity contribution is -0.136. The van der Waals surface area contributed by atoms with Crippen LogP contribution < -0.4 is 14.9 Å². The van der Waals surface area contributed by atoms with E-state index in [1.54, 1.807) is 19.1 Å². The van der Waals surface area contributed by atoms with Crippen LogP contribution in [-0.4, -0.2) is 22.8 Å². The zero-order valence-corrected chi connectivity index (χ0v) is 18.8. The standard InChI is InChI=1S/C26H20N2O4S/c1-15-22(25(31)32-2)23(17-9-4-3-5-10-17)28-24(30)21(33-26(28)27-15)14-19-18-11-7-6-8-16(18)12-13-20(19)29/h3-14,23,29H,1-2H3. The normalized spacial score (nSPS) is 15.9. The summed E-state index contributed by atoms with van der Waals surface area (Å²) in [6, 6.07) is 19.8. The number of benzene rings is 3. The summed E-state index contributed by atoms with van der Waals surface area (Å²) in [7, 11) is 1.32. The number of carbonyl (C=O) groups excluding carboxylic acids is 1. The molecule has 164 valence electrons. The summed E-state index contributed by atoms with van der Waals surface area (Å²) < 4.78 is 6.98. The number of hydrogen-bond donors (Lipinski definition) is 1. The molecule has 3 aromatic carbocycles. The van der Waals surface area contributed by atoms with Crippen LogP contribution in [0.25, 0.3) is 16.8 Å². The lowest BCUT2D eigenvalue weighted by Gasteiger charge is -2.24. The first-order valence-corrected chi connectivity index (χ1v) is 11.2. The lowest BCUT2D eigenvalue weighted by Crippen LogP contribution is -2.39. The summed E-state index contributed by atoms with van der Waals surface area (Å²) in [6.45, 7) is 1.75. The Morgan fingerprint density at radius 2 is 1.82 bits per heavy atom. The molecule has 0 spiro atoms. The van der Waals surface area contributed by atoms with Gasteiger partial charge in [0, 0.05) is 5.56 Å². The predicted molar refractivity (Wildman–Crippen MR) is 128 cm³/mol. The third-order valence-electron chi connectivity index (χ3n) is 5.77. The number of aromatic nitrogens is 1. The van der Waals surface area contributed by atoms with Gasteiger partial charge in [-0.1, -0.05) is 72.0 Å². The van der Waals surface area contributed by atoms with Gasteiger partial charge >= 0.3 is 5.97 Å². The van der Waals surface area contributed by atoms with Gasteiger partial charge in [-0.25, -0.2) is 9.79 Å². The molecule has 1 N–H and O–H groups in total. The van der Waals surface area contributed by atoms with Crippen molar-refractivity contribution in [2.45, 2.75) is 13.0 Å². The molecule has 1 atom stereocenters. The maximum atomic E-state index is 13.6. The number of aromatic hydroxyl groups is 1. The second kappa shape index (κ2) is 8.18. The molecule has 1 aromatic heterocycles. The van der Waals surface area contributed by atoms with E-state index in [-0.39, 0.29) is 11.3 Å². The fraction of sp³-hybridized carbons (Fsp3) is 0.115. The van der Waals surface area contributed by atoms with Crippen LogP contribution in [0.3, 0.4) is 0 Å². The van der Waals surface area contributed by atoms with Crippen LogP contribution in [0, 0.1) is 0 Å². The molecule has 0 saturated heterocycles. The summed E-state index contributed by atoms with van der Waals surface area (Å²) in [5.74, 6) is -0.434. The second-order valence-corrected chi connectivity index (χ2v) is 8.71. The number of carbonyl (C=O) groups is 1. The van der Waals surface area contributed by atoms with E-state index in [4.69, 9.17) is 4.74 Å². The molecule has 0 amide bonds. The molecule has 1 aliphatic rings. The van der Waals surface area contributed by atoms with Gasteiger partial charge in [-0.15, -0.1) is 0 Å². The smallest absolute Gasteiger partial charge is 0.338 e. The average molecular weight is 457 g/mol. The van der Waals surface area contributed by atoms with Crippen LogP contribution in [0.2, 0.25) is 0 Å². The number of ether oxygens (including phenoxy) is 1. The molecule has 0 aliphatic carbocycles. The van der Waals surface area contributed by atoms with Crippen LogP contribution in [0.4, 0.5) is 0 Å². The van der Waals surface area contributed by atoms with Gasteiger partial charge in [0.1, 0.15) is 5.75 Å². The van der Waals surface area contributed by atoms with E-state index in [0.717, 1.165) is 16.3 Å². The Morgan fingerprint density at radius 3 is 2.58 bits per heavy atom. The number of esters is 1. The summed E-state index contributed by atoms with van der Waals surface area (Å²) in [6.07, 6.45) is 1.70. The molecule has 2 heterocycles. The second-order valence-electron chi connectivity index (χ2n) is 7.70. The summed E-state index contributed by atoms with van der Waals surface area (Å²) >= 11 is 1.23. The summed E-state index contributed by atoms with van der Waals surface area (Å²) in [4.78, 5) is 31.4. The number of allylic oxidation sites excluding steroid dienone is 1. The fourth-order valence-electron chi connectivity index (χ4n) is 4.21. The Morgan fingerprint density at radius 1 is 1.09 bits per heavy atom. The zero-order chi connectivity index (χ0) is 23.1. The van der Waals surface area contributed by atoms with Crippen molar-refractivity contribution < 1.29 is 14.6 Å². The minimum absolute atomic E-state index is 0.0885. The van der Waals surface area contributed by atoms with Gasteiger partial charge in [-0.05, 0) is 35.4 Å². The van der Waals surface area contributed by atoms with Crippen molar-refractivity contribution >= 4 is 34.2 Å². The average Bonchev–Trinajstić information content (AvgIpc) is 3.14. The van der Waals surface area contributed by atoms with Crippen LogP contribution in [0.5, 0.6) is 5.75 Å². The third kappa shape index (κ3) is 3.47. The number of rotatable bonds is 3. The number of phenols is 1. The van der Waals surface area contributed by atoms with E-state index >= 15 is 0 Å². The maximum Gasteiger partial charge on any atom is 0.338 e. The van der Waals surface area contributed by atoms with Crippen molar-refractivity contribution in [2.75, 3.05) is 7.11 Å². The molecule has 0 bridgehead atoms. The van der Waals surface area contributed by atoms with E-state index in [0.29, 0.717) is 26.2 Å². The Kier molecular flexibility index (Phi) is 5.18. The van der Waals surface area contributed by atoms with E-state index in [2.05, 4.69) is 4.99 Å². The molecule has 33 heavy (non-hydrogen) atoms. The Hall–Kier alpha value is -3.97. The van der Waals surface area contributed by atoms with Gasteiger partial charge in [-0.2, -0.15) is 0 Å². The van der Waals surface area contributed by atoms with Crippen LogP contribution >= 0.6 is 11.3 Å². The van der Waals surface area contributed by atoms with Crippen molar-refractivity contribution in [3.63, 3.8) is 0 Å². The first kappa shape index (κ1) is 20.9. The number of thiazole rings is 1. The van der Waals surface area contributed by atoms with Crippen LogP contribution in [0.1, 0.15) is 24.1 Å². The molecule has 7 heteroatoms. The Labute approximate surface area is 193 Å². The van der Waals surface area contributed by atoms with E-state index in [1.165, 1.54) is 23.0 Å². The highest BCUT2D eigenvalue weighted by Crippen LogP contribution is 2.31. The number of phenolic OH excluding ortho intramolecular Hbond substituents is 1. The number of hydrogen-bond acceptors (Lipinski definition) is 6. The number of nitrogens with zero attached hydrogens (tertiary/aromatic N) is 2. The Balaban J connectivity index is 1.80. The van der Waals surface area contributed by atoms with Gasteiger partial charge in [0.15, 0.2) is 4.80 Å². The molecule has 6 nitrogen and oxygen atoms in total. The van der Waals surface area contributed by atoms with Gasteiger partial charge in [0.05, 0.1) is 29.0 Å². The first-order valence-electron chi connectivity index (χ1n) is 10.4. The molecule has 1 aliphatic heterocycles. The van der Waals surface area contributed by atoms with Gasteiger partial charge < -0.3 is 9.84 Å². The molecule has 1 unspecified atom stereocenters. The van der Waals surface area contributed by atoms with Gasteiger partial charge in [0.2, 0.25) is 0 Å². The molecular weight excluding hydrogens is 436 g/mol. The van der Waals surface area contributed by atoms with Crippen LogP contribution in [-0.2, 0) is 9.53 Å². The number of fused-ring (bicyclic) bond motifs is 2. The largest absolute Gasteiger partial charge is 0.507 e. The first-order chi connectivity index (χ1) is 16.0. The lowest BCUT2D eigenvalue weighted by atomic mass is 9.96. The topological polar surface area (TPSA) is 80.9 Å². The molecule has 0 radical (unpaired) electrons. The SMILES string of the molecule is COC(=O)C1=C(C)N=c2sc(=Cc3c(O)ccc4ccccc34)c(=O)n2C1c1ccccc1. The maximum absolute atomic E-state index is 13.6. The van der Waals surface area contributed by atoms with Crippen molar-refractivity contribution in [1.82, 2.24) is 4.57 Å². The molecule has 0 saturated carbocycles. The molecule has 4 aromatic rings. The Bertz CT molecular complexity index is 1610. The molecule has 0 fully saturated rings. The number of methoxy groups -OCH3 is 1. The fourth-order valence-corrected chi connectivity index (χ4v) is 5.24.